The second-order valence-corrected chi connectivity index (χ2v) is 7.78. The fourth-order valence-electron chi connectivity index (χ4n) is 2.91. The van der Waals surface area contributed by atoms with Crippen molar-refractivity contribution in [3.8, 4) is 5.75 Å². The van der Waals surface area contributed by atoms with E-state index >= 15 is 0 Å². The second kappa shape index (κ2) is 14.2. The summed E-state index contributed by atoms with van der Waals surface area (Å²) in [6, 6.07) is -0.522. The minimum Gasteiger partial charge on any atom is -0.508 e. The van der Waals surface area contributed by atoms with Crippen molar-refractivity contribution in [2.24, 2.45) is 11.5 Å². The summed E-state index contributed by atoms with van der Waals surface area (Å²) in [5, 5.41) is 43.0. The van der Waals surface area contributed by atoms with Crippen LogP contribution in [0.15, 0.2) is 24.3 Å². The van der Waals surface area contributed by atoms with Crippen LogP contribution in [0, 0.1) is 0 Å². The van der Waals surface area contributed by atoms with E-state index in [1.165, 1.54) is 24.3 Å². The summed E-state index contributed by atoms with van der Waals surface area (Å²) in [4.78, 5) is 71.3. The van der Waals surface area contributed by atoms with Crippen LogP contribution in [0.25, 0.3) is 0 Å². The number of benzene rings is 1. The van der Waals surface area contributed by atoms with Crippen LogP contribution in [0.5, 0.6) is 5.75 Å². The lowest BCUT2D eigenvalue weighted by molar-refractivity contribution is -0.143. The third kappa shape index (κ3) is 10.4. The molecule has 36 heavy (non-hydrogen) atoms. The summed E-state index contributed by atoms with van der Waals surface area (Å²) in [6.07, 6.45) is -1.57. The molecule has 4 atom stereocenters. The number of carboxylic acids is 2. The first-order valence-electron chi connectivity index (χ1n) is 10.6. The molecule has 0 saturated heterocycles. The first kappa shape index (κ1) is 29.8. The molecule has 0 radical (unpaired) electrons. The number of hydrogen-bond acceptors (Lipinski definition) is 9. The molecular formula is C21H29N5O10. The van der Waals surface area contributed by atoms with E-state index in [0.29, 0.717) is 5.56 Å². The first-order valence-corrected chi connectivity index (χ1v) is 10.6. The van der Waals surface area contributed by atoms with Crippen molar-refractivity contribution in [3.63, 3.8) is 0 Å². The summed E-state index contributed by atoms with van der Waals surface area (Å²) in [7, 11) is 0. The fraction of sp³-hybridized carbons (Fsp3) is 0.429. The Morgan fingerprint density at radius 2 is 1.36 bits per heavy atom. The quantitative estimate of drug-likeness (QED) is 0.112. The molecule has 1 aromatic carbocycles. The number of nitrogens with two attached hydrogens (primary N) is 2. The average Bonchev–Trinajstić information content (AvgIpc) is 2.80. The van der Waals surface area contributed by atoms with Crippen LogP contribution in [0.3, 0.4) is 0 Å². The van der Waals surface area contributed by atoms with Gasteiger partial charge >= 0.3 is 11.9 Å². The van der Waals surface area contributed by atoms with Crippen LogP contribution in [0.2, 0.25) is 0 Å². The molecule has 11 N–H and O–H groups in total. The Morgan fingerprint density at radius 1 is 0.833 bits per heavy atom. The largest absolute Gasteiger partial charge is 0.508 e. The predicted octanol–water partition coefficient (Wildman–Crippen LogP) is -3.47. The highest BCUT2D eigenvalue weighted by molar-refractivity contribution is 5.96. The molecule has 0 saturated carbocycles. The summed E-state index contributed by atoms with van der Waals surface area (Å²) in [6.45, 7) is -0.935. The number of aliphatic hydroxyl groups excluding tert-OH is 1. The van der Waals surface area contributed by atoms with Gasteiger partial charge in [-0.3, -0.25) is 24.0 Å². The Labute approximate surface area is 204 Å². The van der Waals surface area contributed by atoms with Crippen molar-refractivity contribution in [2.45, 2.75) is 49.9 Å². The van der Waals surface area contributed by atoms with Crippen molar-refractivity contribution in [1.82, 2.24) is 16.0 Å². The molecule has 0 fully saturated rings. The number of amides is 4. The number of phenolic OH excluding ortho intramolecular Hbond substituents is 1. The molecule has 0 spiro atoms. The van der Waals surface area contributed by atoms with Gasteiger partial charge in [0.15, 0.2) is 0 Å². The summed E-state index contributed by atoms with van der Waals surface area (Å²) >= 11 is 0. The van der Waals surface area contributed by atoms with E-state index in [1.54, 1.807) is 0 Å². The Morgan fingerprint density at radius 3 is 1.86 bits per heavy atom. The van der Waals surface area contributed by atoms with Crippen molar-refractivity contribution in [2.75, 3.05) is 6.61 Å². The lowest BCUT2D eigenvalue weighted by Gasteiger charge is -2.24. The van der Waals surface area contributed by atoms with Gasteiger partial charge in [0, 0.05) is 12.8 Å². The van der Waals surface area contributed by atoms with Crippen LogP contribution in [0.4, 0.5) is 0 Å². The molecule has 4 amide bonds. The maximum Gasteiger partial charge on any atom is 0.328 e. The molecule has 1 aromatic rings. The summed E-state index contributed by atoms with van der Waals surface area (Å²) in [5.41, 5.74) is 11.2. The van der Waals surface area contributed by atoms with Crippen molar-refractivity contribution in [1.29, 1.82) is 0 Å². The zero-order chi connectivity index (χ0) is 27.4. The monoisotopic (exact) mass is 511 g/mol. The Bertz CT molecular complexity index is 968. The lowest BCUT2D eigenvalue weighted by Crippen LogP contribution is -2.58. The molecule has 4 unspecified atom stereocenters. The number of carbonyl (C=O) groups excluding carboxylic acids is 4. The Hall–Kier alpha value is -4.24. The van der Waals surface area contributed by atoms with Crippen LogP contribution >= 0.6 is 0 Å². The second-order valence-electron chi connectivity index (χ2n) is 7.78. The number of phenols is 1. The molecule has 15 nitrogen and oxygen atoms in total. The van der Waals surface area contributed by atoms with Gasteiger partial charge < -0.3 is 47.8 Å². The van der Waals surface area contributed by atoms with Gasteiger partial charge in [-0.15, -0.1) is 0 Å². The molecule has 0 aromatic heterocycles. The zero-order valence-corrected chi connectivity index (χ0v) is 19.0. The van der Waals surface area contributed by atoms with Gasteiger partial charge in [0.2, 0.25) is 23.6 Å². The van der Waals surface area contributed by atoms with Crippen LogP contribution in [-0.4, -0.2) is 86.8 Å². The third-order valence-corrected chi connectivity index (χ3v) is 4.85. The van der Waals surface area contributed by atoms with Crippen LogP contribution in [-0.2, 0) is 35.2 Å². The summed E-state index contributed by atoms with van der Waals surface area (Å²) in [5.74, 6) is -6.77. The van der Waals surface area contributed by atoms with E-state index in [-0.39, 0.29) is 18.6 Å². The van der Waals surface area contributed by atoms with E-state index in [2.05, 4.69) is 16.0 Å². The molecule has 0 bridgehead atoms. The maximum atomic E-state index is 12.9. The van der Waals surface area contributed by atoms with Gasteiger partial charge in [-0.05, 0) is 24.1 Å². The number of aliphatic hydroxyl groups is 1. The van der Waals surface area contributed by atoms with Gasteiger partial charge in [0.25, 0.3) is 0 Å². The van der Waals surface area contributed by atoms with Crippen molar-refractivity contribution in [3.05, 3.63) is 29.8 Å². The fourth-order valence-corrected chi connectivity index (χ4v) is 2.91. The van der Waals surface area contributed by atoms with Crippen molar-refractivity contribution >= 4 is 35.6 Å². The van der Waals surface area contributed by atoms with E-state index in [0.717, 1.165) is 0 Å². The zero-order valence-electron chi connectivity index (χ0n) is 19.0. The van der Waals surface area contributed by atoms with E-state index in [4.69, 9.17) is 21.7 Å². The van der Waals surface area contributed by atoms with Gasteiger partial charge in [0.05, 0.1) is 19.1 Å². The molecule has 0 aliphatic heterocycles. The van der Waals surface area contributed by atoms with Crippen LogP contribution < -0.4 is 27.4 Å². The highest BCUT2D eigenvalue weighted by Gasteiger charge is 2.31. The molecule has 0 aliphatic rings. The maximum absolute atomic E-state index is 12.9. The smallest absolute Gasteiger partial charge is 0.328 e. The molecule has 15 heteroatoms. The SMILES string of the molecule is NC(=O)CC(NC(=O)C(N)CCC(=O)O)C(=O)NC(Cc1ccc(O)cc1)C(=O)NC(CO)C(=O)O. The van der Waals surface area contributed by atoms with Gasteiger partial charge in [-0.1, -0.05) is 12.1 Å². The van der Waals surface area contributed by atoms with E-state index < -0.39 is 79.2 Å². The number of primary amides is 1. The standard InChI is InChI=1S/C21H29N5O10/c22-12(5-6-17(30)31)18(32)24-14(8-16(23)29)20(34)25-13(7-10-1-3-11(28)4-2-10)19(33)26-15(9-27)21(35)36/h1-4,12-15,27-28H,5-9,22H2,(H2,23,29)(H,24,32)(H,25,34)(H,26,33)(H,30,31)(H,35,36). The van der Waals surface area contributed by atoms with Gasteiger partial charge in [0.1, 0.15) is 23.9 Å². The highest BCUT2D eigenvalue weighted by Crippen LogP contribution is 2.12. The molecule has 198 valence electrons. The lowest BCUT2D eigenvalue weighted by atomic mass is 10.0. The number of nitrogens with one attached hydrogen (secondary N) is 3. The number of aliphatic carboxylic acids is 2. The molecule has 1 rings (SSSR count). The van der Waals surface area contributed by atoms with Crippen molar-refractivity contribution < 1.29 is 49.2 Å². The Balaban J connectivity index is 3.10. The highest BCUT2D eigenvalue weighted by atomic mass is 16.4. The predicted molar refractivity (Wildman–Crippen MR) is 121 cm³/mol. The Kier molecular flexibility index (Phi) is 11.8. The first-order chi connectivity index (χ1) is 16.8. The number of aromatic hydroxyl groups is 1. The molecule has 0 aliphatic carbocycles. The average molecular weight is 511 g/mol. The molecule has 0 heterocycles. The normalized spacial score (nSPS) is 13.9. The van der Waals surface area contributed by atoms with Gasteiger partial charge in [-0.25, -0.2) is 4.79 Å². The van der Waals surface area contributed by atoms with Crippen LogP contribution in [0.1, 0.15) is 24.8 Å². The number of rotatable bonds is 15. The van der Waals surface area contributed by atoms with E-state index in [1.807, 2.05) is 0 Å². The van der Waals surface area contributed by atoms with Gasteiger partial charge in [-0.2, -0.15) is 0 Å². The number of carboxylic acid groups (broad SMARTS) is 2. The third-order valence-electron chi connectivity index (χ3n) is 4.85. The number of carbonyl (C=O) groups is 6. The topological polar surface area (TPSA) is 271 Å². The molecular weight excluding hydrogens is 482 g/mol. The minimum atomic E-state index is -1.68. The number of hydrogen-bond donors (Lipinski definition) is 9. The summed E-state index contributed by atoms with van der Waals surface area (Å²) < 4.78 is 0. The minimum absolute atomic E-state index is 0.0709. The van der Waals surface area contributed by atoms with E-state index in [9.17, 15) is 39.0 Å².